The van der Waals surface area contributed by atoms with Gasteiger partial charge in [-0.05, 0) is 31.2 Å². The van der Waals surface area contributed by atoms with Gasteiger partial charge in [0, 0.05) is 18.5 Å². The van der Waals surface area contributed by atoms with E-state index in [2.05, 4.69) is 10.1 Å². The Morgan fingerprint density at radius 3 is 3.04 bits per heavy atom. The lowest BCUT2D eigenvalue weighted by molar-refractivity contribution is -0.129. The van der Waals surface area contributed by atoms with Crippen LogP contribution in [0.25, 0.3) is 6.08 Å². The van der Waals surface area contributed by atoms with E-state index in [-0.39, 0.29) is 19.1 Å². The first-order valence-electron chi connectivity index (χ1n) is 7.93. The molecule has 2 atom stereocenters. The fraction of sp³-hybridized carbons (Fsp3) is 0.353. The Morgan fingerprint density at radius 2 is 2.28 bits per heavy atom. The summed E-state index contributed by atoms with van der Waals surface area (Å²) < 4.78 is 24.1. The quantitative estimate of drug-likeness (QED) is 0.890. The maximum atomic E-state index is 13.4. The fourth-order valence-corrected chi connectivity index (χ4v) is 3.18. The number of ether oxygens (including phenoxy) is 1. The highest BCUT2D eigenvalue weighted by atomic mass is 19.1. The zero-order valence-electron chi connectivity index (χ0n) is 13.5. The van der Waals surface area contributed by atoms with Crippen LogP contribution in [-0.2, 0) is 4.79 Å². The summed E-state index contributed by atoms with van der Waals surface area (Å²) in [6.45, 7) is 1.94. The molecule has 1 saturated heterocycles. The molecule has 0 bridgehead atoms. The number of β-amino-alcohol motifs (C(OH)–C–C–N with tert-alkyl or cyclic N) is 1. The van der Waals surface area contributed by atoms with Gasteiger partial charge in [0.1, 0.15) is 24.2 Å². The molecule has 0 aliphatic carbocycles. The maximum Gasteiger partial charge on any atom is 0.254 e. The SMILES string of the molecule is Cc1noc([C@H]2C[C@H](O)CN2C(=O)C2=Cc3cc(F)ccc3OC2)n1. The lowest BCUT2D eigenvalue weighted by Gasteiger charge is -2.25. The highest BCUT2D eigenvalue weighted by Crippen LogP contribution is 2.34. The average Bonchev–Trinajstić information content (AvgIpc) is 3.19. The second-order valence-electron chi connectivity index (χ2n) is 6.18. The Kier molecular flexibility index (Phi) is 3.76. The molecule has 0 saturated carbocycles. The number of hydrogen-bond acceptors (Lipinski definition) is 6. The third-order valence-electron chi connectivity index (χ3n) is 4.33. The molecule has 0 radical (unpaired) electrons. The van der Waals surface area contributed by atoms with Crippen LogP contribution < -0.4 is 4.74 Å². The molecule has 1 amide bonds. The van der Waals surface area contributed by atoms with E-state index in [4.69, 9.17) is 9.26 Å². The highest BCUT2D eigenvalue weighted by molar-refractivity contribution is 5.99. The fourth-order valence-electron chi connectivity index (χ4n) is 3.18. The minimum absolute atomic E-state index is 0.0830. The summed E-state index contributed by atoms with van der Waals surface area (Å²) in [5.74, 6) is 0.596. The number of amides is 1. The number of nitrogens with zero attached hydrogens (tertiary/aromatic N) is 3. The minimum atomic E-state index is -0.670. The summed E-state index contributed by atoms with van der Waals surface area (Å²) in [7, 11) is 0. The third kappa shape index (κ3) is 2.89. The van der Waals surface area contributed by atoms with Crippen LogP contribution in [0.1, 0.15) is 29.7 Å². The number of rotatable bonds is 2. The average molecular weight is 345 g/mol. The molecule has 1 N–H and O–H groups in total. The molecular weight excluding hydrogens is 329 g/mol. The normalized spacial score (nSPS) is 22.4. The second-order valence-corrected chi connectivity index (χ2v) is 6.18. The van der Waals surface area contributed by atoms with Crippen molar-refractivity contribution in [3.63, 3.8) is 0 Å². The minimum Gasteiger partial charge on any atom is -0.488 e. The number of aliphatic hydroxyl groups excluding tert-OH is 1. The number of fused-ring (bicyclic) bond motifs is 1. The third-order valence-corrected chi connectivity index (χ3v) is 4.33. The van der Waals surface area contributed by atoms with E-state index in [1.54, 1.807) is 13.0 Å². The van der Waals surface area contributed by atoms with Crippen LogP contribution in [0, 0.1) is 12.7 Å². The molecule has 1 fully saturated rings. The summed E-state index contributed by atoms with van der Waals surface area (Å²) in [5.41, 5.74) is 0.896. The summed E-state index contributed by atoms with van der Waals surface area (Å²) >= 11 is 0. The number of aryl methyl sites for hydroxylation is 1. The zero-order valence-corrected chi connectivity index (χ0v) is 13.5. The summed E-state index contributed by atoms with van der Waals surface area (Å²) in [4.78, 5) is 18.6. The molecule has 2 aromatic rings. The molecule has 4 rings (SSSR count). The van der Waals surface area contributed by atoms with E-state index in [1.165, 1.54) is 23.1 Å². The number of halogens is 1. The van der Waals surface area contributed by atoms with Crippen LogP contribution >= 0.6 is 0 Å². The van der Waals surface area contributed by atoms with Crippen molar-refractivity contribution in [2.24, 2.45) is 0 Å². The number of aromatic nitrogens is 2. The summed E-state index contributed by atoms with van der Waals surface area (Å²) in [6, 6.07) is 3.67. The van der Waals surface area contributed by atoms with E-state index < -0.39 is 18.0 Å². The van der Waals surface area contributed by atoms with Crippen LogP contribution in [0.2, 0.25) is 0 Å². The van der Waals surface area contributed by atoms with Crippen LogP contribution in [-0.4, -0.2) is 45.3 Å². The van der Waals surface area contributed by atoms with Crippen molar-refractivity contribution >= 4 is 12.0 Å². The summed E-state index contributed by atoms with van der Waals surface area (Å²) in [6.07, 6.45) is 1.27. The molecular formula is C17H16FN3O4. The standard InChI is InChI=1S/C17H16FN3O4/c1-9-19-16(25-20-9)14-6-13(22)7-21(14)17(23)11-4-10-5-12(18)2-3-15(10)24-8-11/h2-5,13-14,22H,6-8H2,1H3/t13-,14+/m0/s1. The van der Waals surface area contributed by atoms with Crippen molar-refractivity contribution in [2.45, 2.75) is 25.5 Å². The van der Waals surface area contributed by atoms with Crippen LogP contribution in [0.5, 0.6) is 5.75 Å². The predicted molar refractivity (Wildman–Crippen MR) is 84.0 cm³/mol. The Labute approximate surface area is 142 Å². The molecule has 2 aliphatic rings. The number of benzene rings is 1. The lowest BCUT2D eigenvalue weighted by atomic mass is 10.1. The molecule has 0 spiro atoms. The summed E-state index contributed by atoms with van der Waals surface area (Å²) in [5, 5.41) is 13.7. The van der Waals surface area contributed by atoms with Gasteiger partial charge < -0.3 is 19.3 Å². The van der Waals surface area contributed by atoms with Crippen molar-refractivity contribution < 1.29 is 23.6 Å². The first-order valence-corrected chi connectivity index (χ1v) is 7.93. The van der Waals surface area contributed by atoms with Crippen molar-refractivity contribution in [3.8, 4) is 5.75 Å². The van der Waals surface area contributed by atoms with Gasteiger partial charge >= 0.3 is 0 Å². The van der Waals surface area contributed by atoms with Crippen molar-refractivity contribution in [1.29, 1.82) is 0 Å². The molecule has 3 heterocycles. The van der Waals surface area contributed by atoms with Crippen LogP contribution in [0.15, 0.2) is 28.3 Å². The van der Waals surface area contributed by atoms with Gasteiger partial charge in [-0.25, -0.2) is 4.39 Å². The predicted octanol–water partition coefficient (Wildman–Crippen LogP) is 1.63. The molecule has 7 nitrogen and oxygen atoms in total. The van der Waals surface area contributed by atoms with Gasteiger partial charge in [0.15, 0.2) is 5.82 Å². The largest absolute Gasteiger partial charge is 0.488 e. The number of aliphatic hydroxyl groups is 1. The van der Waals surface area contributed by atoms with E-state index in [0.29, 0.717) is 35.0 Å². The number of hydrogen-bond donors (Lipinski definition) is 1. The molecule has 130 valence electrons. The van der Waals surface area contributed by atoms with Gasteiger partial charge in [-0.15, -0.1) is 0 Å². The Bertz CT molecular complexity index is 863. The van der Waals surface area contributed by atoms with E-state index in [0.717, 1.165) is 0 Å². The van der Waals surface area contributed by atoms with Crippen molar-refractivity contribution in [1.82, 2.24) is 15.0 Å². The van der Waals surface area contributed by atoms with Crippen molar-refractivity contribution in [3.05, 3.63) is 46.9 Å². The van der Waals surface area contributed by atoms with Crippen LogP contribution in [0.4, 0.5) is 4.39 Å². The molecule has 2 aliphatic heterocycles. The first-order chi connectivity index (χ1) is 12.0. The lowest BCUT2D eigenvalue weighted by Crippen LogP contribution is -2.35. The topological polar surface area (TPSA) is 88.7 Å². The van der Waals surface area contributed by atoms with Crippen molar-refractivity contribution in [2.75, 3.05) is 13.2 Å². The van der Waals surface area contributed by atoms with E-state index in [9.17, 15) is 14.3 Å². The second kappa shape index (κ2) is 5.96. The Morgan fingerprint density at radius 1 is 1.44 bits per heavy atom. The highest BCUT2D eigenvalue weighted by Gasteiger charge is 2.40. The molecule has 25 heavy (non-hydrogen) atoms. The van der Waals surface area contributed by atoms with E-state index >= 15 is 0 Å². The Balaban J connectivity index is 1.63. The number of carbonyl (C=O) groups excluding carboxylic acids is 1. The van der Waals surface area contributed by atoms with Gasteiger partial charge in [-0.2, -0.15) is 4.98 Å². The molecule has 8 heteroatoms. The number of likely N-dealkylation sites (tertiary alicyclic amines) is 1. The Hall–Kier alpha value is -2.74. The van der Waals surface area contributed by atoms with Gasteiger partial charge in [0.25, 0.3) is 5.91 Å². The molecule has 1 aromatic heterocycles. The molecule has 0 unspecified atom stereocenters. The van der Waals surface area contributed by atoms with Gasteiger partial charge in [-0.1, -0.05) is 5.16 Å². The van der Waals surface area contributed by atoms with Crippen LogP contribution in [0.3, 0.4) is 0 Å². The monoisotopic (exact) mass is 345 g/mol. The maximum absolute atomic E-state index is 13.4. The first kappa shape index (κ1) is 15.8. The smallest absolute Gasteiger partial charge is 0.254 e. The van der Waals surface area contributed by atoms with Gasteiger partial charge in [0.2, 0.25) is 5.89 Å². The van der Waals surface area contributed by atoms with Gasteiger partial charge in [0.05, 0.1) is 11.7 Å². The molecule has 1 aromatic carbocycles. The van der Waals surface area contributed by atoms with Gasteiger partial charge in [-0.3, -0.25) is 4.79 Å². The zero-order chi connectivity index (χ0) is 17.6. The number of carbonyl (C=O) groups is 1. The van der Waals surface area contributed by atoms with E-state index in [1.807, 2.05) is 0 Å².